The number of carbonyl (C=O) groups excluding carboxylic acids is 1. The molecule has 2 aromatic carbocycles. The zero-order chi connectivity index (χ0) is 16.2. The van der Waals surface area contributed by atoms with Crippen molar-refractivity contribution in [3.05, 3.63) is 60.4 Å². The van der Waals surface area contributed by atoms with Crippen LogP contribution in [0.15, 0.2) is 54.6 Å². The number of tetrazole rings is 1. The average Bonchev–Trinajstić information content (AvgIpc) is 3.03. The first-order valence-electron chi connectivity index (χ1n) is 6.99. The fourth-order valence-corrected chi connectivity index (χ4v) is 2.08. The van der Waals surface area contributed by atoms with E-state index in [-0.39, 0.29) is 24.1 Å². The molecule has 0 aliphatic heterocycles. The van der Waals surface area contributed by atoms with Gasteiger partial charge in [-0.2, -0.15) is 4.80 Å². The smallest absolute Gasteiger partial charge is 0.250 e. The van der Waals surface area contributed by atoms with Crippen molar-refractivity contribution >= 4 is 11.6 Å². The number of hydrogen-bond donors (Lipinski definition) is 0. The van der Waals surface area contributed by atoms with Crippen LogP contribution in [0, 0.1) is 5.82 Å². The molecule has 116 valence electrons. The van der Waals surface area contributed by atoms with E-state index in [2.05, 4.69) is 15.4 Å². The van der Waals surface area contributed by atoms with E-state index in [1.54, 1.807) is 19.2 Å². The predicted octanol–water partition coefficient (Wildman–Crippen LogP) is 2.14. The lowest BCUT2D eigenvalue weighted by Crippen LogP contribution is -2.30. The third-order valence-electron chi connectivity index (χ3n) is 3.33. The van der Waals surface area contributed by atoms with Gasteiger partial charge in [-0.05, 0) is 29.5 Å². The minimum absolute atomic E-state index is 0.0479. The van der Waals surface area contributed by atoms with Gasteiger partial charge in [0.1, 0.15) is 12.4 Å². The lowest BCUT2D eigenvalue weighted by Gasteiger charge is -2.16. The van der Waals surface area contributed by atoms with E-state index in [9.17, 15) is 9.18 Å². The number of hydrogen-bond acceptors (Lipinski definition) is 4. The molecule has 0 unspecified atom stereocenters. The number of anilines is 1. The number of nitrogens with zero attached hydrogens (tertiary/aromatic N) is 5. The maximum atomic E-state index is 13.2. The molecule has 6 nitrogen and oxygen atoms in total. The molecule has 0 aliphatic rings. The van der Waals surface area contributed by atoms with Gasteiger partial charge in [0.25, 0.3) is 0 Å². The highest BCUT2D eigenvalue weighted by Gasteiger charge is 2.14. The summed E-state index contributed by atoms with van der Waals surface area (Å²) in [5.41, 5.74) is 1.29. The summed E-state index contributed by atoms with van der Waals surface area (Å²) in [4.78, 5) is 15.0. The third kappa shape index (κ3) is 3.39. The van der Waals surface area contributed by atoms with Crippen molar-refractivity contribution in [1.29, 1.82) is 0 Å². The van der Waals surface area contributed by atoms with Crippen LogP contribution < -0.4 is 4.90 Å². The highest BCUT2D eigenvalue weighted by atomic mass is 19.1. The average molecular weight is 311 g/mol. The first kappa shape index (κ1) is 14.8. The summed E-state index contributed by atoms with van der Waals surface area (Å²) in [7, 11) is 1.68. The van der Waals surface area contributed by atoms with Crippen molar-refractivity contribution in [1.82, 2.24) is 20.2 Å². The van der Waals surface area contributed by atoms with Crippen molar-refractivity contribution in [2.45, 2.75) is 6.54 Å². The van der Waals surface area contributed by atoms with Crippen LogP contribution >= 0.6 is 0 Å². The molecule has 1 amide bonds. The molecule has 0 atom stereocenters. The molecule has 0 fully saturated rings. The maximum absolute atomic E-state index is 13.2. The summed E-state index contributed by atoms with van der Waals surface area (Å²) >= 11 is 0. The van der Waals surface area contributed by atoms with Gasteiger partial charge in [0.2, 0.25) is 11.7 Å². The van der Waals surface area contributed by atoms with Gasteiger partial charge in [0.05, 0.1) is 0 Å². The molecule has 3 rings (SSSR count). The molecule has 0 spiro atoms. The molecular formula is C16H14FN5O. The van der Waals surface area contributed by atoms with Crippen molar-refractivity contribution in [2.24, 2.45) is 0 Å². The Kier molecular flexibility index (Phi) is 4.09. The zero-order valence-electron chi connectivity index (χ0n) is 12.4. The molecule has 0 radical (unpaired) electrons. The first-order chi connectivity index (χ1) is 11.1. The van der Waals surface area contributed by atoms with E-state index >= 15 is 0 Å². The van der Waals surface area contributed by atoms with Crippen LogP contribution in [-0.2, 0) is 11.3 Å². The second-order valence-corrected chi connectivity index (χ2v) is 4.94. The van der Waals surface area contributed by atoms with E-state index in [1.807, 2.05) is 30.3 Å². The van der Waals surface area contributed by atoms with Gasteiger partial charge in [-0.1, -0.05) is 30.3 Å². The van der Waals surface area contributed by atoms with E-state index in [1.165, 1.54) is 21.8 Å². The van der Waals surface area contributed by atoms with Crippen molar-refractivity contribution in [3.63, 3.8) is 0 Å². The Bertz CT molecular complexity index is 818. The van der Waals surface area contributed by atoms with Gasteiger partial charge in [-0.15, -0.1) is 10.2 Å². The number of carbonyl (C=O) groups is 1. The Hall–Kier alpha value is -3.09. The maximum Gasteiger partial charge on any atom is 0.250 e. The number of para-hydroxylation sites is 1. The number of halogens is 1. The third-order valence-corrected chi connectivity index (χ3v) is 3.33. The Morgan fingerprint density at radius 3 is 2.70 bits per heavy atom. The number of aromatic nitrogens is 4. The molecular weight excluding hydrogens is 297 g/mol. The Labute approximate surface area is 132 Å². The van der Waals surface area contributed by atoms with Gasteiger partial charge < -0.3 is 4.90 Å². The second-order valence-electron chi connectivity index (χ2n) is 4.94. The Morgan fingerprint density at radius 2 is 1.96 bits per heavy atom. The van der Waals surface area contributed by atoms with Crippen LogP contribution in [0.2, 0.25) is 0 Å². The van der Waals surface area contributed by atoms with Crippen molar-refractivity contribution in [2.75, 3.05) is 11.9 Å². The Balaban J connectivity index is 1.73. The molecule has 0 bridgehead atoms. The van der Waals surface area contributed by atoms with Gasteiger partial charge in [-0.3, -0.25) is 4.79 Å². The molecule has 1 heterocycles. The minimum atomic E-state index is -0.376. The standard InChI is InChI=1S/C16H14FN5O/c1-21(14-8-3-2-4-9-14)15(23)11-22-19-16(18-20-22)12-6-5-7-13(17)10-12/h2-10H,11H2,1H3. The molecule has 7 heteroatoms. The number of likely N-dealkylation sites (N-methyl/N-ethyl adjacent to an activating group) is 1. The first-order valence-corrected chi connectivity index (χ1v) is 6.99. The summed E-state index contributed by atoms with van der Waals surface area (Å²) in [5, 5.41) is 11.8. The lowest BCUT2D eigenvalue weighted by molar-refractivity contribution is -0.119. The number of rotatable bonds is 4. The molecule has 0 N–H and O–H groups in total. The van der Waals surface area contributed by atoms with Gasteiger partial charge in [-0.25, -0.2) is 4.39 Å². The molecule has 0 saturated carbocycles. The molecule has 1 aromatic heterocycles. The summed E-state index contributed by atoms with van der Waals surface area (Å²) in [6.45, 7) is -0.0479. The van der Waals surface area contributed by atoms with Crippen LogP contribution in [0.5, 0.6) is 0 Å². The van der Waals surface area contributed by atoms with Crippen molar-refractivity contribution in [3.8, 4) is 11.4 Å². The number of benzene rings is 2. The summed E-state index contributed by atoms with van der Waals surface area (Å²) in [6, 6.07) is 15.2. The molecule has 23 heavy (non-hydrogen) atoms. The van der Waals surface area contributed by atoms with Gasteiger partial charge in [0, 0.05) is 18.3 Å². The predicted molar refractivity (Wildman–Crippen MR) is 83.1 cm³/mol. The SMILES string of the molecule is CN(C(=O)Cn1nnc(-c2cccc(F)c2)n1)c1ccccc1. The zero-order valence-corrected chi connectivity index (χ0v) is 12.4. The summed E-state index contributed by atoms with van der Waals surface area (Å²) in [5.74, 6) is -0.280. The largest absolute Gasteiger partial charge is 0.314 e. The van der Waals surface area contributed by atoms with Crippen LogP contribution in [0.3, 0.4) is 0 Å². The van der Waals surface area contributed by atoms with E-state index < -0.39 is 0 Å². The highest BCUT2D eigenvalue weighted by Crippen LogP contribution is 2.15. The van der Waals surface area contributed by atoms with Gasteiger partial charge in [0.15, 0.2) is 0 Å². The minimum Gasteiger partial charge on any atom is -0.314 e. The summed E-state index contributed by atoms with van der Waals surface area (Å²) in [6.07, 6.45) is 0. The van der Waals surface area contributed by atoms with E-state index in [0.29, 0.717) is 5.56 Å². The van der Waals surface area contributed by atoms with E-state index in [4.69, 9.17) is 0 Å². The fraction of sp³-hybridized carbons (Fsp3) is 0.125. The van der Waals surface area contributed by atoms with E-state index in [0.717, 1.165) is 5.69 Å². The van der Waals surface area contributed by atoms with Crippen LogP contribution in [0.1, 0.15) is 0 Å². The van der Waals surface area contributed by atoms with Crippen LogP contribution in [-0.4, -0.2) is 33.2 Å². The summed E-state index contributed by atoms with van der Waals surface area (Å²) < 4.78 is 13.2. The number of amides is 1. The fourth-order valence-electron chi connectivity index (χ4n) is 2.08. The normalized spacial score (nSPS) is 10.5. The monoisotopic (exact) mass is 311 g/mol. The topological polar surface area (TPSA) is 63.9 Å². The quantitative estimate of drug-likeness (QED) is 0.740. The second kappa shape index (κ2) is 6.35. The van der Waals surface area contributed by atoms with Crippen LogP contribution in [0.25, 0.3) is 11.4 Å². The lowest BCUT2D eigenvalue weighted by atomic mass is 10.2. The molecule has 0 saturated heterocycles. The van der Waals surface area contributed by atoms with Crippen molar-refractivity contribution < 1.29 is 9.18 Å². The highest BCUT2D eigenvalue weighted by molar-refractivity contribution is 5.92. The van der Waals surface area contributed by atoms with Crippen LogP contribution in [0.4, 0.5) is 10.1 Å². The Morgan fingerprint density at radius 1 is 1.17 bits per heavy atom. The molecule has 0 aliphatic carbocycles. The molecule has 3 aromatic rings. The van der Waals surface area contributed by atoms with Gasteiger partial charge >= 0.3 is 0 Å².